The van der Waals surface area contributed by atoms with Crippen molar-refractivity contribution in [1.29, 1.82) is 0 Å². The van der Waals surface area contributed by atoms with Crippen LogP contribution in [0.5, 0.6) is 5.75 Å². The predicted molar refractivity (Wildman–Crippen MR) is 53.5 cm³/mol. The van der Waals surface area contributed by atoms with Crippen molar-refractivity contribution in [3.05, 3.63) is 29.3 Å². The van der Waals surface area contributed by atoms with Gasteiger partial charge in [0.2, 0.25) is 0 Å². The molecule has 14 heavy (non-hydrogen) atoms. The van der Waals surface area contributed by atoms with Crippen molar-refractivity contribution < 1.29 is 15.0 Å². The summed E-state index contributed by atoms with van der Waals surface area (Å²) in [7, 11) is 0. The normalized spacial score (nSPS) is 12.4. The van der Waals surface area contributed by atoms with Crippen molar-refractivity contribution in [2.24, 2.45) is 0 Å². The van der Waals surface area contributed by atoms with E-state index in [1.165, 1.54) is 0 Å². The number of phenols is 1. The maximum atomic E-state index is 10.5. The Morgan fingerprint density at radius 2 is 2.14 bits per heavy atom. The highest BCUT2D eigenvalue weighted by atomic mass is 16.4. The Bertz CT molecular complexity index is 344. The molecule has 0 amide bonds. The van der Waals surface area contributed by atoms with Gasteiger partial charge in [-0.1, -0.05) is 19.1 Å². The lowest BCUT2D eigenvalue weighted by atomic mass is 9.93. The van der Waals surface area contributed by atoms with Crippen molar-refractivity contribution in [2.75, 3.05) is 0 Å². The van der Waals surface area contributed by atoms with Crippen LogP contribution in [-0.4, -0.2) is 16.2 Å². The lowest BCUT2D eigenvalue weighted by Crippen LogP contribution is -2.04. The average molecular weight is 194 g/mol. The number of carbonyl (C=O) groups is 1. The van der Waals surface area contributed by atoms with Crippen LogP contribution in [0.1, 0.15) is 30.4 Å². The van der Waals surface area contributed by atoms with Gasteiger partial charge in [0, 0.05) is 0 Å². The molecule has 1 atom stereocenters. The van der Waals surface area contributed by atoms with E-state index < -0.39 is 5.97 Å². The lowest BCUT2D eigenvalue weighted by Gasteiger charge is -2.13. The van der Waals surface area contributed by atoms with Gasteiger partial charge >= 0.3 is 5.97 Å². The van der Waals surface area contributed by atoms with E-state index in [0.717, 1.165) is 11.1 Å². The molecule has 0 spiro atoms. The highest BCUT2D eigenvalue weighted by Crippen LogP contribution is 2.27. The van der Waals surface area contributed by atoms with E-state index in [0.29, 0.717) is 0 Å². The molecule has 0 bridgehead atoms. The molecule has 3 nitrogen and oxygen atoms in total. The second-order valence-corrected chi connectivity index (χ2v) is 3.49. The SMILES string of the molecule is Cc1c(O)cccc1C(C)CC(=O)O. The number of benzene rings is 1. The van der Waals surface area contributed by atoms with Gasteiger partial charge in [-0.25, -0.2) is 0 Å². The van der Waals surface area contributed by atoms with Crippen molar-refractivity contribution in [3.63, 3.8) is 0 Å². The van der Waals surface area contributed by atoms with Crippen LogP contribution in [-0.2, 0) is 4.79 Å². The smallest absolute Gasteiger partial charge is 0.303 e. The van der Waals surface area contributed by atoms with Gasteiger partial charge in [-0.3, -0.25) is 4.79 Å². The number of hydrogen-bond donors (Lipinski definition) is 2. The van der Waals surface area contributed by atoms with Gasteiger partial charge in [-0.2, -0.15) is 0 Å². The van der Waals surface area contributed by atoms with Crippen LogP contribution in [0.2, 0.25) is 0 Å². The van der Waals surface area contributed by atoms with Gasteiger partial charge in [-0.05, 0) is 30.0 Å². The first-order chi connectivity index (χ1) is 6.52. The Morgan fingerprint density at radius 3 is 2.71 bits per heavy atom. The lowest BCUT2D eigenvalue weighted by molar-refractivity contribution is -0.137. The standard InChI is InChI=1S/C11H14O3/c1-7(6-11(13)14)9-4-3-5-10(12)8(9)2/h3-5,7,12H,6H2,1-2H3,(H,13,14). The molecule has 2 N–H and O–H groups in total. The minimum atomic E-state index is -0.819. The summed E-state index contributed by atoms with van der Waals surface area (Å²) in [6, 6.07) is 5.19. The van der Waals surface area contributed by atoms with Crippen molar-refractivity contribution in [2.45, 2.75) is 26.2 Å². The first-order valence-electron chi connectivity index (χ1n) is 4.52. The first kappa shape index (κ1) is 10.6. The highest BCUT2D eigenvalue weighted by molar-refractivity contribution is 5.68. The van der Waals surface area contributed by atoms with Gasteiger partial charge in [0.05, 0.1) is 6.42 Å². The second-order valence-electron chi connectivity index (χ2n) is 3.49. The molecule has 1 aromatic carbocycles. The number of phenolic OH excluding ortho intramolecular Hbond substituents is 1. The fourth-order valence-corrected chi connectivity index (χ4v) is 1.55. The van der Waals surface area contributed by atoms with E-state index in [9.17, 15) is 9.90 Å². The van der Waals surface area contributed by atoms with E-state index in [1.54, 1.807) is 19.1 Å². The van der Waals surface area contributed by atoms with Crippen LogP contribution in [0, 0.1) is 6.92 Å². The molecule has 1 rings (SSSR count). The van der Waals surface area contributed by atoms with E-state index >= 15 is 0 Å². The third-order valence-electron chi connectivity index (χ3n) is 2.36. The number of rotatable bonds is 3. The molecule has 1 aromatic rings. The van der Waals surface area contributed by atoms with Crippen LogP contribution in [0.4, 0.5) is 0 Å². The number of aromatic hydroxyl groups is 1. The van der Waals surface area contributed by atoms with Gasteiger partial charge in [0.1, 0.15) is 5.75 Å². The zero-order valence-electron chi connectivity index (χ0n) is 8.32. The highest BCUT2D eigenvalue weighted by Gasteiger charge is 2.13. The number of hydrogen-bond acceptors (Lipinski definition) is 2. The third kappa shape index (κ3) is 2.25. The molecule has 1 unspecified atom stereocenters. The molecule has 0 radical (unpaired) electrons. The summed E-state index contributed by atoms with van der Waals surface area (Å²) in [5.74, 6) is -0.667. The van der Waals surface area contributed by atoms with E-state index in [-0.39, 0.29) is 18.1 Å². The summed E-state index contributed by atoms with van der Waals surface area (Å²) in [6.07, 6.45) is 0.0876. The van der Waals surface area contributed by atoms with Gasteiger partial charge in [0.15, 0.2) is 0 Å². The van der Waals surface area contributed by atoms with Gasteiger partial charge < -0.3 is 10.2 Å². The summed E-state index contributed by atoms with van der Waals surface area (Å²) in [4.78, 5) is 10.5. The molecule has 76 valence electrons. The maximum Gasteiger partial charge on any atom is 0.303 e. The molecular weight excluding hydrogens is 180 g/mol. The van der Waals surface area contributed by atoms with Crippen LogP contribution >= 0.6 is 0 Å². The molecule has 0 heterocycles. The van der Waals surface area contributed by atoms with Crippen LogP contribution in [0.3, 0.4) is 0 Å². The Morgan fingerprint density at radius 1 is 1.50 bits per heavy atom. The number of aliphatic carboxylic acids is 1. The quantitative estimate of drug-likeness (QED) is 0.776. The molecule has 0 aliphatic rings. The Balaban J connectivity index is 2.95. The molecular formula is C11H14O3. The Kier molecular flexibility index (Phi) is 3.12. The van der Waals surface area contributed by atoms with Gasteiger partial charge in [0.25, 0.3) is 0 Å². The molecule has 0 aromatic heterocycles. The Labute approximate surface area is 83.0 Å². The van der Waals surface area contributed by atoms with Crippen molar-refractivity contribution in [3.8, 4) is 5.75 Å². The van der Waals surface area contributed by atoms with Crippen molar-refractivity contribution in [1.82, 2.24) is 0 Å². The average Bonchev–Trinajstić information content (AvgIpc) is 2.08. The topological polar surface area (TPSA) is 57.5 Å². The molecule has 0 fully saturated rings. The zero-order chi connectivity index (χ0) is 10.7. The zero-order valence-corrected chi connectivity index (χ0v) is 8.32. The fraction of sp³-hybridized carbons (Fsp3) is 0.364. The Hall–Kier alpha value is -1.51. The summed E-state index contributed by atoms with van der Waals surface area (Å²) in [5, 5.41) is 18.1. The van der Waals surface area contributed by atoms with Crippen LogP contribution in [0.15, 0.2) is 18.2 Å². The van der Waals surface area contributed by atoms with Crippen LogP contribution in [0.25, 0.3) is 0 Å². The summed E-state index contributed by atoms with van der Waals surface area (Å²) < 4.78 is 0. The molecule has 0 aliphatic carbocycles. The number of carboxylic acid groups (broad SMARTS) is 1. The first-order valence-corrected chi connectivity index (χ1v) is 4.52. The van der Waals surface area contributed by atoms with Crippen molar-refractivity contribution >= 4 is 5.97 Å². The number of carboxylic acids is 1. The molecule has 0 saturated heterocycles. The summed E-state index contributed by atoms with van der Waals surface area (Å²) >= 11 is 0. The summed E-state index contributed by atoms with van der Waals surface area (Å²) in [6.45, 7) is 3.64. The largest absolute Gasteiger partial charge is 0.508 e. The minimum absolute atomic E-state index is 0.0698. The molecule has 3 heteroatoms. The minimum Gasteiger partial charge on any atom is -0.508 e. The fourth-order valence-electron chi connectivity index (χ4n) is 1.55. The molecule has 0 saturated carbocycles. The van der Waals surface area contributed by atoms with E-state index in [1.807, 2.05) is 13.0 Å². The van der Waals surface area contributed by atoms with E-state index in [4.69, 9.17) is 5.11 Å². The van der Waals surface area contributed by atoms with Gasteiger partial charge in [-0.15, -0.1) is 0 Å². The predicted octanol–water partition coefficient (Wildman–Crippen LogP) is 2.28. The maximum absolute atomic E-state index is 10.5. The third-order valence-corrected chi connectivity index (χ3v) is 2.36. The summed E-state index contributed by atoms with van der Waals surface area (Å²) in [5.41, 5.74) is 1.66. The molecule has 0 aliphatic heterocycles. The monoisotopic (exact) mass is 194 g/mol. The van der Waals surface area contributed by atoms with E-state index in [2.05, 4.69) is 0 Å². The van der Waals surface area contributed by atoms with Crippen LogP contribution < -0.4 is 0 Å². The second kappa shape index (κ2) is 4.13.